The van der Waals surface area contributed by atoms with Crippen LogP contribution in [0.3, 0.4) is 0 Å². The first kappa shape index (κ1) is 21.4. The predicted molar refractivity (Wildman–Crippen MR) is 126 cm³/mol. The Morgan fingerprint density at radius 2 is 1.94 bits per heavy atom. The Bertz CT molecular complexity index is 1080. The molecule has 0 fully saturated rings. The van der Waals surface area contributed by atoms with E-state index in [0.29, 0.717) is 18.7 Å². The summed E-state index contributed by atoms with van der Waals surface area (Å²) in [6.45, 7) is 5.13. The third kappa shape index (κ3) is 4.93. The summed E-state index contributed by atoms with van der Waals surface area (Å²) >= 11 is 3.33. The Labute approximate surface area is 190 Å². The molecular weight excluding hydrogens is 424 g/mol. The van der Waals surface area contributed by atoms with Gasteiger partial charge in [-0.1, -0.05) is 24.3 Å². The van der Waals surface area contributed by atoms with Gasteiger partial charge in [-0.05, 0) is 54.4 Å². The molecule has 158 valence electrons. The Morgan fingerprint density at radius 3 is 2.55 bits per heavy atom. The van der Waals surface area contributed by atoms with Crippen LogP contribution in [-0.2, 0) is 11.3 Å². The van der Waals surface area contributed by atoms with Crippen LogP contribution in [0.5, 0.6) is 0 Å². The number of nitriles is 1. The summed E-state index contributed by atoms with van der Waals surface area (Å²) in [5, 5.41) is 19.6. The Morgan fingerprint density at radius 1 is 1.19 bits per heavy atom. The predicted octanol–water partition coefficient (Wildman–Crippen LogP) is 5.27. The molecule has 3 aromatic rings. The van der Waals surface area contributed by atoms with Crippen molar-refractivity contribution in [3.63, 3.8) is 0 Å². The number of amides is 1. The number of rotatable bonds is 7. The second-order valence-electron chi connectivity index (χ2n) is 7.81. The van der Waals surface area contributed by atoms with Crippen molar-refractivity contribution in [3.05, 3.63) is 80.2 Å². The van der Waals surface area contributed by atoms with Gasteiger partial charge in [0, 0.05) is 23.9 Å². The van der Waals surface area contributed by atoms with Gasteiger partial charge in [0.2, 0.25) is 0 Å². The second-order valence-corrected chi connectivity index (χ2v) is 9.73. The average molecular weight is 449 g/mol. The summed E-state index contributed by atoms with van der Waals surface area (Å²) in [4.78, 5) is 17.8. The fourth-order valence-electron chi connectivity index (χ4n) is 3.62. The van der Waals surface area contributed by atoms with E-state index >= 15 is 0 Å². The Kier molecular flexibility index (Phi) is 6.62. The zero-order chi connectivity index (χ0) is 21.8. The second kappa shape index (κ2) is 9.56. The highest BCUT2D eigenvalue weighted by atomic mass is 32.1. The number of nitrogens with zero attached hydrogens (tertiary/aromatic N) is 4. The molecule has 7 heteroatoms. The highest BCUT2D eigenvalue weighted by molar-refractivity contribution is 7.12. The molecule has 0 N–H and O–H groups in total. The van der Waals surface area contributed by atoms with E-state index in [9.17, 15) is 4.79 Å². The number of hydrogen-bond acceptors (Lipinski definition) is 6. The van der Waals surface area contributed by atoms with Crippen molar-refractivity contribution in [3.8, 4) is 6.07 Å². The summed E-state index contributed by atoms with van der Waals surface area (Å²) in [5.41, 5.74) is 2.70. The molecule has 0 saturated heterocycles. The van der Waals surface area contributed by atoms with Crippen molar-refractivity contribution in [2.75, 3.05) is 6.54 Å². The molecule has 0 radical (unpaired) electrons. The molecule has 5 nitrogen and oxygen atoms in total. The number of thiophene rings is 2. The third-order valence-electron chi connectivity index (χ3n) is 5.38. The lowest BCUT2D eigenvalue weighted by atomic mass is 10.1. The quantitative estimate of drug-likeness (QED) is 0.495. The lowest BCUT2D eigenvalue weighted by Gasteiger charge is -2.29. The van der Waals surface area contributed by atoms with Crippen molar-refractivity contribution < 1.29 is 4.79 Å². The molecule has 2 aromatic heterocycles. The SMILES string of the molecule is CC(C)N(CC(=O)N1N=C(c2cccs2)CC1c1cccs1)Cc1ccc(C#N)cc1. The molecule has 1 amide bonds. The van der Waals surface area contributed by atoms with Crippen LogP contribution >= 0.6 is 22.7 Å². The molecule has 1 unspecified atom stereocenters. The van der Waals surface area contributed by atoms with Crippen molar-refractivity contribution in [1.29, 1.82) is 5.26 Å². The molecule has 0 bridgehead atoms. The minimum Gasteiger partial charge on any atom is -0.288 e. The first-order valence-electron chi connectivity index (χ1n) is 10.2. The summed E-state index contributed by atoms with van der Waals surface area (Å²) < 4.78 is 0. The van der Waals surface area contributed by atoms with Crippen LogP contribution in [0.25, 0.3) is 0 Å². The monoisotopic (exact) mass is 448 g/mol. The van der Waals surface area contributed by atoms with E-state index in [1.807, 2.05) is 47.2 Å². The maximum absolute atomic E-state index is 13.4. The fraction of sp³-hybridized carbons (Fsp3) is 0.292. The lowest BCUT2D eigenvalue weighted by Crippen LogP contribution is -2.41. The fourth-order valence-corrected chi connectivity index (χ4v) is 5.15. The van der Waals surface area contributed by atoms with Crippen molar-refractivity contribution >= 4 is 34.3 Å². The summed E-state index contributed by atoms with van der Waals surface area (Å²) in [6, 6.07) is 18.0. The van der Waals surface area contributed by atoms with Gasteiger partial charge < -0.3 is 0 Å². The normalized spacial score (nSPS) is 16.0. The number of hydrogen-bond donors (Lipinski definition) is 0. The van der Waals surface area contributed by atoms with Crippen molar-refractivity contribution in [2.45, 2.75) is 38.9 Å². The van der Waals surface area contributed by atoms with Gasteiger partial charge in [0.05, 0.1) is 34.8 Å². The number of hydrazone groups is 1. The van der Waals surface area contributed by atoms with Gasteiger partial charge in [-0.2, -0.15) is 10.4 Å². The molecule has 1 aromatic carbocycles. The van der Waals surface area contributed by atoms with Crippen LogP contribution in [0.4, 0.5) is 0 Å². The Hall–Kier alpha value is -2.79. The minimum absolute atomic E-state index is 0.00676. The van der Waals surface area contributed by atoms with Gasteiger partial charge in [0.25, 0.3) is 5.91 Å². The third-order valence-corrected chi connectivity index (χ3v) is 7.27. The van der Waals surface area contributed by atoms with E-state index < -0.39 is 0 Å². The first-order valence-corrected chi connectivity index (χ1v) is 12.0. The maximum atomic E-state index is 13.4. The minimum atomic E-state index is -0.0477. The zero-order valence-electron chi connectivity index (χ0n) is 17.6. The molecule has 4 rings (SSSR count). The first-order chi connectivity index (χ1) is 15.0. The van der Waals surface area contributed by atoms with E-state index in [0.717, 1.165) is 27.5 Å². The molecule has 1 aliphatic heterocycles. The summed E-state index contributed by atoms with van der Waals surface area (Å²) in [5.74, 6) is 0.00676. The number of benzene rings is 1. The van der Waals surface area contributed by atoms with Gasteiger partial charge >= 0.3 is 0 Å². The van der Waals surface area contributed by atoms with Crippen LogP contribution in [-0.4, -0.2) is 34.1 Å². The highest BCUT2D eigenvalue weighted by Gasteiger charge is 2.34. The highest BCUT2D eigenvalue weighted by Crippen LogP contribution is 2.36. The van der Waals surface area contributed by atoms with E-state index in [1.54, 1.807) is 27.7 Å². The smallest absolute Gasteiger partial charge is 0.257 e. The summed E-state index contributed by atoms with van der Waals surface area (Å²) in [6.07, 6.45) is 0.740. The van der Waals surface area contributed by atoms with E-state index in [4.69, 9.17) is 10.4 Å². The van der Waals surface area contributed by atoms with E-state index in [1.165, 1.54) is 0 Å². The van der Waals surface area contributed by atoms with Gasteiger partial charge in [-0.15, -0.1) is 22.7 Å². The van der Waals surface area contributed by atoms with Crippen molar-refractivity contribution in [1.82, 2.24) is 9.91 Å². The number of carbonyl (C=O) groups excluding carboxylic acids is 1. The standard InChI is InChI=1S/C24H24N4OS2/c1-17(2)27(15-19-9-7-18(14-25)8-10-19)16-24(29)28-21(23-6-4-12-31-23)13-20(26-28)22-5-3-11-30-22/h3-12,17,21H,13,15-16H2,1-2H3. The zero-order valence-corrected chi connectivity index (χ0v) is 19.2. The lowest BCUT2D eigenvalue weighted by molar-refractivity contribution is -0.134. The van der Waals surface area contributed by atoms with Crippen LogP contribution in [0.2, 0.25) is 0 Å². The molecule has 31 heavy (non-hydrogen) atoms. The topological polar surface area (TPSA) is 59.7 Å². The van der Waals surface area contributed by atoms with Gasteiger partial charge in [0.15, 0.2) is 0 Å². The van der Waals surface area contributed by atoms with Crippen LogP contribution < -0.4 is 0 Å². The van der Waals surface area contributed by atoms with Gasteiger partial charge in [-0.25, -0.2) is 5.01 Å². The van der Waals surface area contributed by atoms with Crippen LogP contribution in [0.1, 0.15) is 47.2 Å². The van der Waals surface area contributed by atoms with Gasteiger partial charge in [0.1, 0.15) is 0 Å². The molecule has 0 spiro atoms. The molecule has 1 aliphatic rings. The number of carbonyl (C=O) groups is 1. The molecule has 0 aliphatic carbocycles. The molecule has 3 heterocycles. The van der Waals surface area contributed by atoms with Crippen LogP contribution in [0, 0.1) is 11.3 Å². The summed E-state index contributed by atoms with van der Waals surface area (Å²) in [7, 11) is 0. The van der Waals surface area contributed by atoms with Crippen molar-refractivity contribution in [2.24, 2.45) is 5.10 Å². The maximum Gasteiger partial charge on any atom is 0.257 e. The average Bonchev–Trinajstić information content (AvgIpc) is 3.54. The Balaban J connectivity index is 1.53. The largest absolute Gasteiger partial charge is 0.288 e. The van der Waals surface area contributed by atoms with E-state index in [2.05, 4.69) is 36.9 Å². The molecule has 0 saturated carbocycles. The molecular formula is C24H24N4OS2. The van der Waals surface area contributed by atoms with Gasteiger partial charge in [-0.3, -0.25) is 9.69 Å². The van der Waals surface area contributed by atoms with Crippen LogP contribution in [0.15, 0.2) is 64.4 Å². The molecule has 1 atom stereocenters. The van der Waals surface area contributed by atoms with E-state index in [-0.39, 0.29) is 18.0 Å².